The lowest BCUT2D eigenvalue weighted by Gasteiger charge is -2.22. The van der Waals surface area contributed by atoms with Gasteiger partial charge in [0.1, 0.15) is 33.6 Å². The zero-order valence-corrected chi connectivity index (χ0v) is 74.1. The third kappa shape index (κ3) is 32.6. The zero-order valence-electron chi connectivity index (χ0n) is 60.7. The molecule has 8 N–H and O–H groups in total. The summed E-state index contributed by atoms with van der Waals surface area (Å²) in [6, 6.07) is 24.8. The van der Waals surface area contributed by atoms with Crippen LogP contribution in [0.1, 0.15) is 146 Å². The number of hydrogen-bond donors (Lipinski definition) is 6. The first kappa shape index (κ1) is 105. The lowest BCUT2D eigenvalue weighted by molar-refractivity contribution is -0.219. The van der Waals surface area contributed by atoms with Crippen molar-refractivity contribution < 1.29 is 48.0 Å². The summed E-state index contributed by atoms with van der Waals surface area (Å²) in [5, 5.41) is 28.9. The summed E-state index contributed by atoms with van der Waals surface area (Å²) in [5.74, 6) is 0.802. The number of aliphatic hydroxyl groups excluding tert-OH is 2. The highest BCUT2D eigenvalue weighted by molar-refractivity contribution is 14.1. The molecule has 0 amide bonds. The second kappa shape index (κ2) is 46.5. The number of fused-ring (bicyclic) bond motifs is 5. The quantitative estimate of drug-likeness (QED) is 0.0194. The number of nitrogens with one attached hydrogen (secondary N) is 2. The zero-order chi connectivity index (χ0) is 75.8. The topological polar surface area (TPSA) is 363 Å². The van der Waals surface area contributed by atoms with Crippen molar-refractivity contribution in [2.45, 2.75) is 150 Å². The Morgan fingerprint density at radius 2 is 0.832 bits per heavy atom. The Bertz CT molecular complexity index is 4630. The van der Waals surface area contributed by atoms with Gasteiger partial charge in [-0.25, -0.2) is 62.2 Å². The van der Waals surface area contributed by atoms with E-state index in [-0.39, 0.29) is 115 Å². The Morgan fingerprint density at radius 3 is 1.16 bits per heavy atom. The number of H-pyrrole nitrogens is 1. The average Bonchev–Trinajstić information content (AvgIpc) is 0.802. The molecule has 5 heterocycles. The number of methoxy groups -OCH3 is 4. The van der Waals surface area contributed by atoms with Gasteiger partial charge < -0.3 is 44.6 Å². The number of ether oxygens (including phenoxy) is 5. The fourth-order valence-electron chi connectivity index (χ4n) is 7.67. The molecule has 25 nitrogen and oxygen atoms in total. The minimum Gasteiger partial charge on any atom is -0.480 e. The Kier molecular flexibility index (Phi) is 45.4. The Labute approximate surface area is 701 Å². The van der Waals surface area contributed by atoms with Crippen molar-refractivity contribution in [1.82, 2.24) is 54.6 Å². The SMILES string of the molecule is C.C.CC(C)(C)[S@@](N)=O.COc1nc2ccc(Cl)cc2nc1C(O)OC(O)c1nc2cc(Cl)ccc2nc1OC.COc1nc2ccc(Cl)cc2nc1C=N[S@@](=O)C(C)(C)C.COc1nc2ccc(Cl)cc2nc1[C@H](C)N[S@@](=O)C(C)(C)C.C[C@H](N)c1nc2cc(Cl)ccc2[nH]c1=O.C[Si](C)(C)I.S.S.S.S.[HH]. The molecule has 0 saturated carbocycles. The van der Waals surface area contributed by atoms with Gasteiger partial charge in [0, 0.05) is 32.6 Å². The number of aromatic nitrogens is 10. The molecular formula is C68H100Cl5IN14O11S7Si. The van der Waals surface area contributed by atoms with E-state index in [4.69, 9.17) is 92.6 Å². The van der Waals surface area contributed by atoms with Gasteiger partial charge in [0.05, 0.1) is 132 Å². The Balaban J connectivity index is -0.00000129. The number of hydrogen-bond acceptors (Lipinski definition) is 21. The van der Waals surface area contributed by atoms with Gasteiger partial charge in [-0.05, 0) is 167 Å². The minimum atomic E-state index is -1.71. The van der Waals surface area contributed by atoms with E-state index in [1.807, 2.05) is 69.2 Å². The molecule has 10 aromatic rings. The largest absolute Gasteiger partial charge is 0.480 e. The number of aromatic amines is 1. The van der Waals surface area contributed by atoms with Crippen LogP contribution in [0.4, 0.5) is 0 Å². The van der Waals surface area contributed by atoms with Gasteiger partial charge in [0.2, 0.25) is 36.1 Å². The van der Waals surface area contributed by atoms with Gasteiger partial charge in [0.25, 0.3) is 5.56 Å². The normalized spacial score (nSPS) is 13.1. The molecule has 0 aliphatic rings. The summed E-state index contributed by atoms with van der Waals surface area (Å²) in [5.41, 5.74) is 11.8. The molecule has 0 aliphatic heterocycles. The molecule has 596 valence electrons. The highest BCUT2D eigenvalue weighted by Gasteiger charge is 2.28. The van der Waals surface area contributed by atoms with Crippen LogP contribution in [0.15, 0.2) is 100 Å². The predicted octanol–water partition coefficient (Wildman–Crippen LogP) is 16.4. The highest BCUT2D eigenvalue weighted by atomic mass is 127. The van der Waals surface area contributed by atoms with Gasteiger partial charge in [-0.3, -0.25) is 9.93 Å². The first-order valence-corrected chi connectivity index (χ1v) is 42.4. The van der Waals surface area contributed by atoms with E-state index in [9.17, 15) is 27.6 Å². The maximum atomic E-state index is 12.3. The van der Waals surface area contributed by atoms with Crippen LogP contribution in [0.2, 0.25) is 44.8 Å². The third-order valence-electron chi connectivity index (χ3n) is 12.7. The van der Waals surface area contributed by atoms with Gasteiger partial charge in [-0.1, -0.05) is 92.5 Å². The van der Waals surface area contributed by atoms with Crippen LogP contribution in [0.25, 0.3) is 55.2 Å². The summed E-state index contributed by atoms with van der Waals surface area (Å²) in [6.45, 7) is 27.3. The van der Waals surface area contributed by atoms with Crippen LogP contribution in [0.3, 0.4) is 0 Å². The fourth-order valence-corrected chi connectivity index (χ4v) is 9.80. The van der Waals surface area contributed by atoms with Gasteiger partial charge in [-0.15, -0.1) is 21.8 Å². The first-order valence-electron chi connectivity index (χ1n) is 30.5. The summed E-state index contributed by atoms with van der Waals surface area (Å²) in [6.07, 6.45) is -1.99. The lowest BCUT2D eigenvalue weighted by Crippen LogP contribution is -2.35. The van der Waals surface area contributed by atoms with E-state index >= 15 is 0 Å². The number of halogens is 6. The second-order valence-electron chi connectivity index (χ2n) is 25.5. The number of nitrogens with two attached hydrogens (primary N) is 2. The monoisotopic (exact) mass is 1840 g/mol. The van der Waals surface area contributed by atoms with E-state index in [2.05, 4.69) is 100 Å². The van der Waals surface area contributed by atoms with Crippen LogP contribution >= 0.6 is 134 Å². The molecule has 0 spiro atoms. The van der Waals surface area contributed by atoms with Crippen molar-refractivity contribution in [3.8, 4) is 23.5 Å². The number of aliphatic hydroxyl groups is 2. The van der Waals surface area contributed by atoms with E-state index in [1.54, 1.807) is 105 Å². The molecule has 0 saturated heterocycles. The standard InChI is InChI=1S/C20H16Cl2N4O5.C15H20ClN3O2S.C14H16ClN3O2S.C10H10ClN3O.C4H11NOS.C3H9ISi.2CH4.4H2S.H2/c1-29-17-15(23-13-7-9(21)3-5-11(13)25-17)19(27)31-20(28)16-18(30-2)26-12-6-4-10(22)8-14(12)24-16;1-9(19-22(20)15(2,3)4)13-14(21-5)18-11-7-6-10(16)8-12(11)17-13;1-14(2,3)21(19)16-8-12-13(20-4)18-10-6-5-9(15)7-11(10)17-12;1-5(12)9-10(15)14-7-3-2-6(11)4-8(7)13-9;1-4(2,3)7(5)6;1-5(2,3)4;;;;;;;/h3-8,19-20,27-28H,1-2H3;6-9,19H,1-5H3;5-8H,1-4H3;2-5H,12H2,1H3,(H,14,15);5H2,1-3H3;1-3H3;2*1H4;4*1H2;1H/t;9-,22-;21-;5-;7-;;;;;;;;/m.0000......../s1. The number of nitrogens with zero attached hydrogens (tertiary/aromatic N) is 10. The van der Waals surface area contributed by atoms with E-state index < -0.39 is 61.9 Å². The molecule has 0 aliphatic carbocycles. The molecule has 0 radical (unpaired) electrons. The van der Waals surface area contributed by atoms with Crippen LogP contribution in [-0.2, 0) is 37.7 Å². The summed E-state index contributed by atoms with van der Waals surface area (Å²) in [4.78, 5) is 53.4. The van der Waals surface area contributed by atoms with E-state index in [1.165, 1.54) is 27.5 Å². The molecule has 0 bridgehead atoms. The van der Waals surface area contributed by atoms with Crippen molar-refractivity contribution >= 4 is 234 Å². The molecule has 2 unspecified atom stereocenters. The molecule has 0 fully saturated rings. The molecule has 5 aromatic heterocycles. The summed E-state index contributed by atoms with van der Waals surface area (Å²) in [7, 11) is 2.03. The van der Waals surface area contributed by atoms with Crippen molar-refractivity contribution in [2.75, 3.05) is 28.4 Å². The fraction of sp³-hybridized carbons (Fsp3) is 0.397. The number of rotatable bonds is 14. The van der Waals surface area contributed by atoms with E-state index in [0.717, 1.165) is 0 Å². The highest BCUT2D eigenvalue weighted by Crippen LogP contribution is 2.34. The molecule has 10 rings (SSSR count). The molecule has 5 aromatic carbocycles. The maximum Gasteiger partial charge on any atom is 0.271 e. The van der Waals surface area contributed by atoms with Crippen LogP contribution in [0, 0.1) is 0 Å². The van der Waals surface area contributed by atoms with Crippen LogP contribution in [-0.4, -0.2) is 127 Å². The summed E-state index contributed by atoms with van der Waals surface area (Å²) < 4.78 is 66.9. The van der Waals surface area contributed by atoms with Gasteiger partial charge in [0.15, 0.2) is 11.4 Å². The van der Waals surface area contributed by atoms with Crippen molar-refractivity contribution in [3.63, 3.8) is 0 Å². The number of benzene rings is 5. The molecule has 107 heavy (non-hydrogen) atoms. The van der Waals surface area contributed by atoms with Crippen molar-refractivity contribution in [2.24, 2.45) is 15.3 Å². The average molecular weight is 1850 g/mol. The summed E-state index contributed by atoms with van der Waals surface area (Å²) >= 11 is 32.3. The van der Waals surface area contributed by atoms with Crippen LogP contribution in [0.5, 0.6) is 23.5 Å². The smallest absolute Gasteiger partial charge is 0.271 e. The van der Waals surface area contributed by atoms with Crippen molar-refractivity contribution in [3.05, 3.63) is 155 Å². The van der Waals surface area contributed by atoms with Gasteiger partial charge >= 0.3 is 0 Å². The van der Waals surface area contributed by atoms with Crippen molar-refractivity contribution in [1.29, 1.82) is 0 Å². The molecule has 39 heteroatoms. The lowest BCUT2D eigenvalue weighted by atomic mass is 10.2. The maximum absolute atomic E-state index is 12.3. The first-order chi connectivity index (χ1) is 46.9. The minimum absolute atomic E-state index is 0. The Hall–Kier alpha value is -4.52. The third-order valence-corrected chi connectivity index (χ3v) is 18.1. The Morgan fingerprint density at radius 1 is 0.523 bits per heavy atom. The molecular weight excluding hydrogens is 1750 g/mol. The molecule has 7 atom stereocenters. The van der Waals surface area contributed by atoms with Crippen LogP contribution < -0.4 is 40.1 Å². The van der Waals surface area contributed by atoms with E-state index in [0.29, 0.717) is 109 Å². The van der Waals surface area contributed by atoms with Gasteiger partial charge in [-0.2, -0.15) is 58.4 Å². The second-order valence-corrected chi connectivity index (χ2v) is 47.3. The predicted molar refractivity (Wildman–Crippen MR) is 477 cm³/mol.